The molecule has 1 unspecified atom stereocenters. The summed E-state index contributed by atoms with van der Waals surface area (Å²) in [7, 11) is 0. The fourth-order valence-corrected chi connectivity index (χ4v) is 0. The highest BCUT2D eigenvalue weighted by atomic mass is 127. The molecular weight excluding hydrogens is 266 g/mol. The monoisotopic (exact) mass is 268 g/mol. The van der Waals surface area contributed by atoms with Crippen LogP contribution >= 0.6 is 50.1 Å². The Balaban J connectivity index is 2.54. The van der Waals surface area contributed by atoms with Crippen LogP contribution in [0.5, 0.6) is 0 Å². The number of alkyl halides is 3. The first kappa shape index (κ1) is 6.50. The molecule has 0 fully saturated rings. The van der Waals surface area contributed by atoms with E-state index in [1.165, 1.54) is 0 Å². The Labute approximate surface area is 58.5 Å². The van der Waals surface area contributed by atoms with Crippen molar-refractivity contribution in [2.45, 2.75) is 4.29 Å². The van der Waals surface area contributed by atoms with Crippen LogP contribution in [0.4, 0.5) is 0 Å². The molecule has 0 heterocycles. The van der Waals surface area contributed by atoms with E-state index in [9.17, 15) is 0 Å². The zero-order chi connectivity index (χ0) is 4.28. The summed E-state index contributed by atoms with van der Waals surface area (Å²) in [6, 6.07) is 0. The minimum absolute atomic E-state index is 0.156. The van der Waals surface area contributed by atoms with Gasteiger partial charge in [-0.1, -0.05) is 38.5 Å². The second-order valence-corrected chi connectivity index (χ2v) is 3.59. The molecule has 5 heavy (non-hydrogen) atoms. The second kappa shape index (κ2) is 3.68. The summed E-state index contributed by atoms with van der Waals surface area (Å²) in [6.45, 7) is 0. The third-order valence-electron chi connectivity index (χ3n) is 0.117. The molecule has 0 aromatic carbocycles. The van der Waals surface area contributed by atoms with Crippen molar-refractivity contribution in [3.05, 3.63) is 0 Å². The first-order chi connectivity index (χ1) is 2.27. The van der Waals surface area contributed by atoms with E-state index in [1.54, 1.807) is 0 Å². The standard InChI is InChI=1S/C2H3BrClI/c3-2(4)1-5/h2H,1H2. The van der Waals surface area contributed by atoms with Gasteiger partial charge in [-0.25, -0.2) is 0 Å². The van der Waals surface area contributed by atoms with E-state index in [-0.39, 0.29) is 4.29 Å². The van der Waals surface area contributed by atoms with Crippen LogP contribution in [0, 0.1) is 0 Å². The van der Waals surface area contributed by atoms with Crippen molar-refractivity contribution in [1.29, 1.82) is 0 Å². The zero-order valence-electron chi connectivity index (χ0n) is 2.42. The van der Waals surface area contributed by atoms with Crippen LogP contribution in [0.2, 0.25) is 0 Å². The van der Waals surface area contributed by atoms with Crippen molar-refractivity contribution < 1.29 is 0 Å². The van der Waals surface area contributed by atoms with E-state index < -0.39 is 0 Å². The average Bonchev–Trinajstić information content (AvgIpc) is 1.38. The van der Waals surface area contributed by atoms with Gasteiger partial charge in [-0.3, -0.25) is 0 Å². The predicted molar refractivity (Wildman–Crippen MR) is 37.5 cm³/mol. The molecule has 0 saturated heterocycles. The summed E-state index contributed by atoms with van der Waals surface area (Å²) in [5.74, 6) is 0. The minimum atomic E-state index is 0.156. The van der Waals surface area contributed by atoms with E-state index >= 15 is 0 Å². The van der Waals surface area contributed by atoms with Crippen molar-refractivity contribution in [3.8, 4) is 0 Å². The van der Waals surface area contributed by atoms with Crippen molar-refractivity contribution in [2.75, 3.05) is 4.43 Å². The highest BCUT2D eigenvalue weighted by molar-refractivity contribution is 14.1. The van der Waals surface area contributed by atoms with E-state index in [0.717, 1.165) is 4.43 Å². The first-order valence-electron chi connectivity index (χ1n) is 1.11. The Bertz CT molecular complexity index is 23.6. The summed E-state index contributed by atoms with van der Waals surface area (Å²) in [6.07, 6.45) is 0. The number of halogens is 3. The Hall–Kier alpha value is 1.50. The molecule has 0 radical (unpaired) electrons. The molecule has 0 aliphatic rings. The molecule has 0 rings (SSSR count). The molecule has 0 aromatic heterocycles. The maximum absolute atomic E-state index is 5.37. The summed E-state index contributed by atoms with van der Waals surface area (Å²) < 4.78 is 1.11. The molecule has 32 valence electrons. The SMILES string of the molecule is ClC(Br)CI. The second-order valence-electron chi connectivity index (χ2n) is 0.545. The lowest BCUT2D eigenvalue weighted by Crippen LogP contribution is -1.80. The molecule has 0 aliphatic carbocycles. The van der Waals surface area contributed by atoms with Gasteiger partial charge in [0.15, 0.2) is 0 Å². The van der Waals surface area contributed by atoms with Crippen LogP contribution in [-0.2, 0) is 0 Å². The Morgan fingerprint density at radius 3 is 2.20 bits per heavy atom. The lowest BCUT2D eigenvalue weighted by atomic mass is 11.0. The molecule has 0 spiro atoms. The van der Waals surface area contributed by atoms with Crippen molar-refractivity contribution in [3.63, 3.8) is 0 Å². The van der Waals surface area contributed by atoms with Gasteiger partial charge in [0, 0.05) is 4.43 Å². The molecule has 0 aromatic rings. The summed E-state index contributed by atoms with van der Waals surface area (Å²) >= 11 is 10.7. The Morgan fingerprint density at radius 2 is 2.20 bits per heavy atom. The maximum Gasteiger partial charge on any atom is 0.0975 e. The van der Waals surface area contributed by atoms with Gasteiger partial charge in [0.25, 0.3) is 0 Å². The van der Waals surface area contributed by atoms with Crippen molar-refractivity contribution >= 4 is 50.1 Å². The minimum Gasteiger partial charge on any atom is -0.110 e. The molecule has 0 nitrogen and oxygen atoms in total. The van der Waals surface area contributed by atoms with Gasteiger partial charge in [0.2, 0.25) is 0 Å². The van der Waals surface area contributed by atoms with Gasteiger partial charge in [-0.05, 0) is 0 Å². The van der Waals surface area contributed by atoms with Gasteiger partial charge in [-0.15, -0.1) is 11.6 Å². The lowest BCUT2D eigenvalue weighted by molar-refractivity contribution is 1.51. The normalized spacial score (nSPS) is 15.0. The Morgan fingerprint density at radius 1 is 2.00 bits per heavy atom. The van der Waals surface area contributed by atoms with Crippen LogP contribution in [0.1, 0.15) is 0 Å². The molecule has 0 amide bonds. The van der Waals surface area contributed by atoms with E-state index in [0.29, 0.717) is 0 Å². The van der Waals surface area contributed by atoms with E-state index in [4.69, 9.17) is 11.6 Å². The molecule has 1 atom stereocenters. The van der Waals surface area contributed by atoms with Gasteiger partial charge < -0.3 is 0 Å². The largest absolute Gasteiger partial charge is 0.110 e. The third-order valence-corrected chi connectivity index (χ3v) is 3.21. The summed E-state index contributed by atoms with van der Waals surface area (Å²) in [5.41, 5.74) is 0. The Kier molecular flexibility index (Phi) is 4.79. The zero-order valence-corrected chi connectivity index (χ0v) is 6.92. The molecule has 3 heteroatoms. The fourth-order valence-electron chi connectivity index (χ4n) is 0. The van der Waals surface area contributed by atoms with Crippen LogP contribution in [0.25, 0.3) is 0 Å². The molecule has 0 saturated carbocycles. The van der Waals surface area contributed by atoms with Crippen molar-refractivity contribution in [1.82, 2.24) is 0 Å². The van der Waals surface area contributed by atoms with Gasteiger partial charge >= 0.3 is 0 Å². The topological polar surface area (TPSA) is 0 Å². The van der Waals surface area contributed by atoms with Crippen molar-refractivity contribution in [2.24, 2.45) is 0 Å². The molecule has 0 aliphatic heterocycles. The van der Waals surface area contributed by atoms with E-state index in [1.807, 2.05) is 0 Å². The van der Waals surface area contributed by atoms with E-state index in [2.05, 4.69) is 38.5 Å². The maximum atomic E-state index is 5.37. The fraction of sp³-hybridized carbons (Fsp3) is 1.00. The van der Waals surface area contributed by atoms with Gasteiger partial charge in [-0.2, -0.15) is 0 Å². The van der Waals surface area contributed by atoms with Crippen LogP contribution < -0.4 is 0 Å². The van der Waals surface area contributed by atoms with Crippen LogP contribution in [0.15, 0.2) is 0 Å². The first-order valence-corrected chi connectivity index (χ1v) is 3.99. The predicted octanol–water partition coefficient (Wildman–Crippen LogP) is 2.38. The molecule has 0 bridgehead atoms. The number of hydrogen-bond donors (Lipinski definition) is 0. The molecule has 0 N–H and O–H groups in total. The highest BCUT2D eigenvalue weighted by Gasteiger charge is 1.87. The summed E-state index contributed by atoms with van der Waals surface area (Å²) in [5, 5.41) is 0. The van der Waals surface area contributed by atoms with Crippen LogP contribution in [-0.4, -0.2) is 8.71 Å². The molecular formula is C2H3BrClI. The third kappa shape index (κ3) is 5.50. The number of hydrogen-bond acceptors (Lipinski definition) is 0. The number of rotatable bonds is 1. The highest BCUT2D eigenvalue weighted by Crippen LogP contribution is 2.06. The van der Waals surface area contributed by atoms with Gasteiger partial charge in [0.05, 0.1) is 4.29 Å². The van der Waals surface area contributed by atoms with Crippen LogP contribution in [0.3, 0.4) is 0 Å². The van der Waals surface area contributed by atoms with Gasteiger partial charge in [0.1, 0.15) is 0 Å². The lowest BCUT2D eigenvalue weighted by Gasteiger charge is -1.83. The average molecular weight is 269 g/mol. The quantitative estimate of drug-likeness (QED) is 0.506. The summed E-state index contributed by atoms with van der Waals surface area (Å²) in [4.78, 5) is 0. The smallest absolute Gasteiger partial charge is 0.0975 e.